The minimum Gasteiger partial charge on any atom is -0.398 e. The average molecular weight is 193 g/mol. The zero-order valence-electron chi connectivity index (χ0n) is 7.21. The zero-order chi connectivity index (χ0) is 9.42. The summed E-state index contributed by atoms with van der Waals surface area (Å²) in [6, 6.07) is 5.65. The van der Waals surface area contributed by atoms with E-state index >= 15 is 0 Å². The van der Waals surface area contributed by atoms with E-state index in [0.29, 0.717) is 5.02 Å². The molecule has 0 bridgehead atoms. The van der Waals surface area contributed by atoms with Crippen LogP contribution in [0.2, 0.25) is 5.02 Å². The number of anilines is 1. The van der Waals surface area contributed by atoms with Gasteiger partial charge < -0.3 is 5.73 Å². The fourth-order valence-electron chi connectivity index (χ4n) is 1.37. The molecule has 0 fully saturated rings. The number of hydrogen-bond donors (Lipinski definition) is 1. The molecule has 0 atom stereocenters. The summed E-state index contributed by atoms with van der Waals surface area (Å²) in [6.45, 7) is 1.98. The van der Waals surface area contributed by atoms with Gasteiger partial charge in [0, 0.05) is 17.3 Å². The van der Waals surface area contributed by atoms with Gasteiger partial charge in [-0.2, -0.15) is 0 Å². The summed E-state index contributed by atoms with van der Waals surface area (Å²) in [5.41, 5.74) is 8.38. The maximum atomic E-state index is 6.02. The van der Waals surface area contributed by atoms with Crippen molar-refractivity contribution in [2.75, 3.05) is 5.73 Å². The molecule has 2 nitrogen and oxygen atoms in total. The molecule has 0 aliphatic heterocycles. The van der Waals surface area contributed by atoms with Crippen LogP contribution in [0.4, 0.5) is 5.69 Å². The lowest BCUT2D eigenvalue weighted by molar-refractivity contribution is 1.39. The van der Waals surface area contributed by atoms with Crippen LogP contribution in [0.1, 0.15) is 5.56 Å². The highest BCUT2D eigenvalue weighted by atomic mass is 35.5. The predicted molar refractivity (Wildman–Crippen MR) is 55.9 cm³/mol. The molecule has 66 valence electrons. The third-order valence-electron chi connectivity index (χ3n) is 1.98. The van der Waals surface area contributed by atoms with Crippen LogP contribution in [0.15, 0.2) is 24.4 Å². The third kappa shape index (κ3) is 1.33. The smallest absolute Gasteiger partial charge is 0.0908 e. The number of pyridine rings is 1. The Morgan fingerprint density at radius 3 is 2.92 bits per heavy atom. The lowest BCUT2D eigenvalue weighted by Crippen LogP contribution is -1.89. The van der Waals surface area contributed by atoms with Crippen molar-refractivity contribution in [3.63, 3.8) is 0 Å². The maximum absolute atomic E-state index is 6.02. The van der Waals surface area contributed by atoms with Crippen molar-refractivity contribution in [1.82, 2.24) is 4.98 Å². The third-order valence-corrected chi connectivity index (χ3v) is 2.26. The molecule has 13 heavy (non-hydrogen) atoms. The van der Waals surface area contributed by atoms with E-state index in [-0.39, 0.29) is 0 Å². The van der Waals surface area contributed by atoms with E-state index in [0.717, 1.165) is 22.2 Å². The highest BCUT2D eigenvalue weighted by Crippen LogP contribution is 2.26. The van der Waals surface area contributed by atoms with Crippen LogP contribution in [0.25, 0.3) is 10.9 Å². The van der Waals surface area contributed by atoms with Gasteiger partial charge >= 0.3 is 0 Å². The van der Waals surface area contributed by atoms with E-state index in [1.807, 2.05) is 19.1 Å². The molecule has 1 aromatic heterocycles. The second kappa shape index (κ2) is 2.89. The molecule has 0 saturated carbocycles. The van der Waals surface area contributed by atoms with Gasteiger partial charge in [-0.25, -0.2) is 0 Å². The summed E-state index contributed by atoms with van der Waals surface area (Å²) in [7, 11) is 0. The molecule has 0 spiro atoms. The van der Waals surface area contributed by atoms with Crippen molar-refractivity contribution >= 4 is 28.2 Å². The summed E-state index contributed by atoms with van der Waals surface area (Å²) in [4.78, 5) is 4.17. The molecule has 3 heteroatoms. The summed E-state index contributed by atoms with van der Waals surface area (Å²) in [5.74, 6) is 0. The lowest BCUT2D eigenvalue weighted by atomic mass is 10.1. The zero-order valence-corrected chi connectivity index (χ0v) is 7.97. The van der Waals surface area contributed by atoms with Gasteiger partial charge in [0.2, 0.25) is 0 Å². The first-order valence-corrected chi connectivity index (χ1v) is 4.36. The van der Waals surface area contributed by atoms with Crippen molar-refractivity contribution in [1.29, 1.82) is 0 Å². The van der Waals surface area contributed by atoms with Crippen molar-refractivity contribution in [2.24, 2.45) is 0 Å². The quantitative estimate of drug-likeness (QED) is 0.697. The van der Waals surface area contributed by atoms with E-state index in [1.54, 1.807) is 12.3 Å². The standard InChI is InChI=1S/C10H9ClN2/c1-6-4-7-9(12)2-3-13-10(7)8(11)5-6/h2-5H,1H3,(H2,12,13). The van der Waals surface area contributed by atoms with Gasteiger partial charge in [-0.1, -0.05) is 11.6 Å². The van der Waals surface area contributed by atoms with Crippen molar-refractivity contribution in [3.05, 3.63) is 35.0 Å². The van der Waals surface area contributed by atoms with Crippen LogP contribution < -0.4 is 5.73 Å². The number of hydrogen-bond acceptors (Lipinski definition) is 2. The van der Waals surface area contributed by atoms with Gasteiger partial charge in [0.1, 0.15) is 0 Å². The van der Waals surface area contributed by atoms with Gasteiger partial charge in [0.25, 0.3) is 0 Å². The van der Waals surface area contributed by atoms with Gasteiger partial charge in [-0.05, 0) is 30.7 Å². The molecule has 0 radical (unpaired) electrons. The summed E-state index contributed by atoms with van der Waals surface area (Å²) >= 11 is 6.02. The molecular formula is C10H9ClN2. The van der Waals surface area contributed by atoms with E-state index in [2.05, 4.69) is 4.98 Å². The largest absolute Gasteiger partial charge is 0.398 e. The first-order valence-electron chi connectivity index (χ1n) is 3.99. The molecule has 0 aliphatic rings. The molecule has 0 unspecified atom stereocenters. The number of aryl methyl sites for hydroxylation is 1. The van der Waals surface area contributed by atoms with Gasteiger partial charge in [-0.15, -0.1) is 0 Å². The van der Waals surface area contributed by atoms with E-state index in [1.165, 1.54) is 0 Å². The lowest BCUT2D eigenvalue weighted by Gasteiger charge is -2.03. The normalized spacial score (nSPS) is 10.6. The van der Waals surface area contributed by atoms with Crippen molar-refractivity contribution < 1.29 is 0 Å². The topological polar surface area (TPSA) is 38.9 Å². The van der Waals surface area contributed by atoms with Crippen LogP contribution in [-0.4, -0.2) is 4.98 Å². The Kier molecular flexibility index (Phi) is 1.85. The van der Waals surface area contributed by atoms with Crippen LogP contribution in [0.3, 0.4) is 0 Å². The summed E-state index contributed by atoms with van der Waals surface area (Å²) in [6.07, 6.45) is 1.67. The second-order valence-corrected chi connectivity index (χ2v) is 3.45. The number of fused-ring (bicyclic) bond motifs is 1. The Balaban J connectivity index is 2.94. The minimum absolute atomic E-state index is 0.655. The Labute approximate surface area is 81.3 Å². The van der Waals surface area contributed by atoms with Gasteiger partial charge in [0.15, 0.2) is 0 Å². The SMILES string of the molecule is Cc1cc(Cl)c2nccc(N)c2c1. The van der Waals surface area contributed by atoms with E-state index < -0.39 is 0 Å². The van der Waals surface area contributed by atoms with Gasteiger partial charge in [-0.3, -0.25) is 4.98 Å². The van der Waals surface area contributed by atoms with Gasteiger partial charge in [0.05, 0.1) is 10.5 Å². The Morgan fingerprint density at radius 1 is 1.38 bits per heavy atom. The molecular weight excluding hydrogens is 184 g/mol. The van der Waals surface area contributed by atoms with Crippen molar-refractivity contribution in [3.8, 4) is 0 Å². The summed E-state index contributed by atoms with van der Waals surface area (Å²) in [5, 5.41) is 1.58. The summed E-state index contributed by atoms with van der Waals surface area (Å²) < 4.78 is 0. The Bertz CT molecular complexity index is 466. The fourth-order valence-corrected chi connectivity index (χ4v) is 1.69. The van der Waals surface area contributed by atoms with Crippen molar-refractivity contribution in [2.45, 2.75) is 6.92 Å². The highest BCUT2D eigenvalue weighted by molar-refractivity contribution is 6.35. The molecule has 1 aromatic carbocycles. The second-order valence-electron chi connectivity index (χ2n) is 3.04. The number of rotatable bonds is 0. The molecule has 2 rings (SSSR count). The number of nitrogen functional groups attached to an aromatic ring is 1. The van der Waals surface area contributed by atoms with Crippen LogP contribution in [0.5, 0.6) is 0 Å². The maximum Gasteiger partial charge on any atom is 0.0908 e. The first-order chi connectivity index (χ1) is 6.18. The first kappa shape index (κ1) is 8.32. The minimum atomic E-state index is 0.655. The number of nitrogens with zero attached hydrogens (tertiary/aromatic N) is 1. The highest BCUT2D eigenvalue weighted by Gasteiger charge is 2.03. The van der Waals surface area contributed by atoms with E-state index in [4.69, 9.17) is 17.3 Å². The number of nitrogens with two attached hydrogens (primary N) is 1. The van der Waals surface area contributed by atoms with E-state index in [9.17, 15) is 0 Å². The number of benzene rings is 1. The van der Waals surface area contributed by atoms with Crippen LogP contribution >= 0.6 is 11.6 Å². The number of aromatic nitrogens is 1. The molecule has 0 saturated heterocycles. The Morgan fingerprint density at radius 2 is 2.15 bits per heavy atom. The average Bonchev–Trinajstić information content (AvgIpc) is 2.07. The fraction of sp³-hybridized carbons (Fsp3) is 0.100. The molecule has 0 aliphatic carbocycles. The molecule has 0 amide bonds. The monoisotopic (exact) mass is 192 g/mol. The van der Waals surface area contributed by atoms with Crippen LogP contribution in [-0.2, 0) is 0 Å². The molecule has 2 N–H and O–H groups in total. The van der Waals surface area contributed by atoms with Crippen LogP contribution in [0, 0.1) is 6.92 Å². The number of halogens is 1. The molecule has 1 heterocycles. The predicted octanol–water partition coefficient (Wildman–Crippen LogP) is 2.78. The molecule has 2 aromatic rings. The Hall–Kier alpha value is -1.28.